The van der Waals surface area contributed by atoms with Crippen LogP contribution < -0.4 is 10.6 Å². The molecule has 90 valence electrons. The number of hydrogen-bond donors (Lipinski definition) is 1. The fraction of sp³-hybridized carbons (Fsp3) is 0.583. The van der Waals surface area contributed by atoms with Crippen LogP contribution in [-0.2, 0) is 0 Å². The van der Waals surface area contributed by atoms with E-state index in [0.29, 0.717) is 6.04 Å². The third-order valence-corrected chi connectivity index (χ3v) is 3.46. The van der Waals surface area contributed by atoms with Gasteiger partial charge < -0.3 is 10.6 Å². The van der Waals surface area contributed by atoms with Crippen molar-refractivity contribution in [1.29, 1.82) is 0 Å². The summed E-state index contributed by atoms with van der Waals surface area (Å²) in [6.45, 7) is 4.20. The first-order valence-corrected chi connectivity index (χ1v) is 6.93. The molecule has 1 aromatic heterocycles. The number of thioether (sulfide) groups is 1. The molecule has 3 nitrogen and oxygen atoms in total. The van der Waals surface area contributed by atoms with Crippen molar-refractivity contribution >= 4 is 23.3 Å². The zero-order valence-corrected chi connectivity index (χ0v) is 11.3. The lowest BCUT2D eigenvalue weighted by atomic mass is 10.2. The Morgan fingerprint density at radius 1 is 1.56 bits per heavy atom. The van der Waals surface area contributed by atoms with Gasteiger partial charge in [0.25, 0.3) is 0 Å². The summed E-state index contributed by atoms with van der Waals surface area (Å²) in [5.41, 5.74) is 7.87. The van der Waals surface area contributed by atoms with E-state index in [-0.39, 0.29) is 0 Å². The first-order chi connectivity index (χ1) is 7.60. The molecule has 0 spiro atoms. The standard InChI is InChI=1S/C12H21N3S/c1-5-10(8-16-4)15(3)12-11(13)6-9(2)7-14-12/h6-7,10H,5,8,13H2,1-4H3. The molecule has 1 rings (SSSR count). The maximum atomic E-state index is 6.00. The summed E-state index contributed by atoms with van der Waals surface area (Å²) >= 11 is 1.86. The van der Waals surface area contributed by atoms with E-state index in [0.717, 1.165) is 29.2 Å². The van der Waals surface area contributed by atoms with Crippen LogP contribution in [0.25, 0.3) is 0 Å². The minimum Gasteiger partial charge on any atom is -0.396 e. The largest absolute Gasteiger partial charge is 0.396 e. The van der Waals surface area contributed by atoms with Crippen LogP contribution >= 0.6 is 11.8 Å². The molecule has 0 aliphatic rings. The first kappa shape index (κ1) is 13.2. The average Bonchev–Trinajstić information content (AvgIpc) is 2.25. The molecule has 0 saturated carbocycles. The second kappa shape index (κ2) is 5.99. The van der Waals surface area contributed by atoms with E-state index in [2.05, 4.69) is 30.1 Å². The number of rotatable bonds is 5. The van der Waals surface area contributed by atoms with E-state index in [1.807, 2.05) is 30.9 Å². The van der Waals surface area contributed by atoms with Crippen LogP contribution in [0.1, 0.15) is 18.9 Å². The zero-order chi connectivity index (χ0) is 12.1. The summed E-state index contributed by atoms with van der Waals surface area (Å²) in [6, 6.07) is 2.47. The Bertz CT molecular complexity index is 341. The molecule has 0 fully saturated rings. The van der Waals surface area contributed by atoms with Gasteiger partial charge in [-0.3, -0.25) is 0 Å². The molecule has 1 heterocycles. The molecular formula is C12H21N3S. The number of hydrogen-bond acceptors (Lipinski definition) is 4. The predicted octanol–water partition coefficient (Wildman–Crippen LogP) is 2.55. The van der Waals surface area contributed by atoms with Crippen LogP contribution in [0, 0.1) is 6.92 Å². The van der Waals surface area contributed by atoms with E-state index in [1.165, 1.54) is 0 Å². The third-order valence-electron chi connectivity index (χ3n) is 2.74. The fourth-order valence-electron chi connectivity index (χ4n) is 1.75. The van der Waals surface area contributed by atoms with Gasteiger partial charge >= 0.3 is 0 Å². The van der Waals surface area contributed by atoms with Crippen LogP contribution in [0.4, 0.5) is 11.5 Å². The summed E-state index contributed by atoms with van der Waals surface area (Å²) in [5.74, 6) is 1.99. The van der Waals surface area contributed by atoms with Gasteiger partial charge in [0.15, 0.2) is 5.82 Å². The smallest absolute Gasteiger partial charge is 0.151 e. The van der Waals surface area contributed by atoms with Crippen LogP contribution in [0.2, 0.25) is 0 Å². The summed E-state index contributed by atoms with van der Waals surface area (Å²) in [5, 5.41) is 0. The average molecular weight is 239 g/mol. The van der Waals surface area contributed by atoms with Crippen LogP contribution in [0.15, 0.2) is 12.3 Å². The minimum absolute atomic E-state index is 0.493. The van der Waals surface area contributed by atoms with Crippen LogP contribution in [0.3, 0.4) is 0 Å². The van der Waals surface area contributed by atoms with E-state index in [1.54, 1.807) is 0 Å². The highest BCUT2D eigenvalue weighted by atomic mass is 32.2. The lowest BCUT2D eigenvalue weighted by Gasteiger charge is -2.28. The van der Waals surface area contributed by atoms with Gasteiger partial charge in [0.1, 0.15) is 0 Å². The summed E-state index contributed by atoms with van der Waals surface area (Å²) in [4.78, 5) is 6.61. The number of aryl methyl sites for hydroxylation is 1. The summed E-state index contributed by atoms with van der Waals surface area (Å²) < 4.78 is 0. The Morgan fingerprint density at radius 2 is 2.25 bits per heavy atom. The van der Waals surface area contributed by atoms with Crippen molar-refractivity contribution in [3.63, 3.8) is 0 Å². The Kier molecular flexibility index (Phi) is 4.93. The fourth-order valence-corrected chi connectivity index (χ4v) is 2.59. The Balaban J connectivity index is 2.89. The highest BCUT2D eigenvalue weighted by molar-refractivity contribution is 7.98. The van der Waals surface area contributed by atoms with Gasteiger partial charge in [-0.05, 0) is 31.2 Å². The first-order valence-electron chi connectivity index (χ1n) is 5.54. The molecule has 0 aromatic carbocycles. The maximum absolute atomic E-state index is 6.00. The van der Waals surface area contributed by atoms with E-state index >= 15 is 0 Å². The number of nitrogen functional groups attached to an aromatic ring is 1. The van der Waals surface area contributed by atoms with Crippen molar-refractivity contribution in [3.8, 4) is 0 Å². The van der Waals surface area contributed by atoms with Gasteiger partial charge in [-0.15, -0.1) is 0 Å². The molecule has 1 atom stereocenters. The topological polar surface area (TPSA) is 42.2 Å². The normalized spacial score (nSPS) is 12.5. The van der Waals surface area contributed by atoms with Gasteiger partial charge in [-0.25, -0.2) is 4.98 Å². The lowest BCUT2D eigenvalue weighted by molar-refractivity contribution is 0.667. The molecule has 0 amide bonds. The molecule has 16 heavy (non-hydrogen) atoms. The SMILES string of the molecule is CCC(CSC)N(C)c1ncc(C)cc1N. The number of nitrogens with two attached hydrogens (primary N) is 1. The molecular weight excluding hydrogens is 218 g/mol. The second-order valence-corrected chi connectivity index (χ2v) is 4.96. The van der Waals surface area contributed by atoms with Gasteiger partial charge in [0.2, 0.25) is 0 Å². The number of anilines is 2. The Labute approximate surface area is 102 Å². The summed E-state index contributed by atoms with van der Waals surface area (Å²) in [7, 11) is 2.07. The van der Waals surface area contributed by atoms with Crippen LogP contribution in [0.5, 0.6) is 0 Å². The summed E-state index contributed by atoms with van der Waals surface area (Å²) in [6.07, 6.45) is 5.10. The van der Waals surface area contributed by atoms with Crippen molar-refractivity contribution in [2.45, 2.75) is 26.3 Å². The second-order valence-electron chi connectivity index (χ2n) is 4.05. The maximum Gasteiger partial charge on any atom is 0.151 e. The quantitative estimate of drug-likeness (QED) is 0.857. The number of aromatic nitrogens is 1. The molecule has 0 radical (unpaired) electrons. The molecule has 2 N–H and O–H groups in total. The van der Waals surface area contributed by atoms with Crippen molar-refractivity contribution in [3.05, 3.63) is 17.8 Å². The van der Waals surface area contributed by atoms with E-state index in [4.69, 9.17) is 5.73 Å². The highest BCUT2D eigenvalue weighted by Gasteiger charge is 2.15. The number of pyridine rings is 1. The molecule has 4 heteroatoms. The van der Waals surface area contributed by atoms with Crippen molar-refractivity contribution in [2.75, 3.05) is 29.7 Å². The molecule has 0 saturated heterocycles. The van der Waals surface area contributed by atoms with Gasteiger partial charge in [-0.1, -0.05) is 6.92 Å². The Morgan fingerprint density at radius 3 is 2.75 bits per heavy atom. The monoisotopic (exact) mass is 239 g/mol. The zero-order valence-electron chi connectivity index (χ0n) is 10.5. The molecule has 0 aliphatic carbocycles. The van der Waals surface area contributed by atoms with Gasteiger partial charge in [0, 0.05) is 25.0 Å². The van der Waals surface area contributed by atoms with E-state index in [9.17, 15) is 0 Å². The minimum atomic E-state index is 0.493. The number of nitrogens with zero attached hydrogens (tertiary/aromatic N) is 2. The highest BCUT2D eigenvalue weighted by Crippen LogP contribution is 2.23. The van der Waals surface area contributed by atoms with Crippen molar-refractivity contribution in [2.24, 2.45) is 0 Å². The molecule has 1 aromatic rings. The van der Waals surface area contributed by atoms with Crippen molar-refractivity contribution in [1.82, 2.24) is 4.98 Å². The lowest BCUT2D eigenvalue weighted by Crippen LogP contribution is -2.34. The molecule has 0 aliphatic heterocycles. The molecule has 0 bridgehead atoms. The van der Waals surface area contributed by atoms with Gasteiger partial charge in [0.05, 0.1) is 5.69 Å². The predicted molar refractivity (Wildman–Crippen MR) is 74.3 cm³/mol. The van der Waals surface area contributed by atoms with Gasteiger partial charge in [-0.2, -0.15) is 11.8 Å². The van der Waals surface area contributed by atoms with E-state index < -0.39 is 0 Å². The van der Waals surface area contributed by atoms with Crippen LogP contribution in [-0.4, -0.2) is 30.1 Å². The molecule has 1 unspecified atom stereocenters. The third kappa shape index (κ3) is 3.04. The Hall–Kier alpha value is -0.900. The van der Waals surface area contributed by atoms with Crippen molar-refractivity contribution < 1.29 is 0 Å².